The molecule has 1 saturated heterocycles. The SMILES string of the molecule is Cc1ccc(-c2nc(-c3cnn4c(C5CCN(C(=O)OC(C)(C)C)CC5)cc(=O)[nH]c34)no2)cc1. The number of aromatic nitrogens is 5. The van der Waals surface area contributed by atoms with E-state index in [1.54, 1.807) is 21.7 Å². The number of benzene rings is 1. The molecule has 10 heteroatoms. The van der Waals surface area contributed by atoms with Crippen molar-refractivity contribution < 1.29 is 14.1 Å². The molecule has 1 aromatic carbocycles. The zero-order chi connectivity index (χ0) is 24.7. The van der Waals surface area contributed by atoms with E-state index in [9.17, 15) is 9.59 Å². The summed E-state index contributed by atoms with van der Waals surface area (Å²) in [6.07, 6.45) is 2.73. The zero-order valence-corrected chi connectivity index (χ0v) is 20.2. The van der Waals surface area contributed by atoms with E-state index in [0.29, 0.717) is 48.9 Å². The van der Waals surface area contributed by atoms with Crippen molar-refractivity contribution in [2.45, 2.75) is 52.1 Å². The van der Waals surface area contributed by atoms with Crippen LogP contribution in [0.3, 0.4) is 0 Å². The number of ether oxygens (including phenoxy) is 1. The molecule has 10 nitrogen and oxygen atoms in total. The number of aryl methyl sites for hydroxylation is 1. The molecular weight excluding hydrogens is 448 g/mol. The van der Waals surface area contributed by atoms with Gasteiger partial charge in [-0.3, -0.25) is 4.79 Å². The van der Waals surface area contributed by atoms with Gasteiger partial charge in [0.25, 0.3) is 11.4 Å². The van der Waals surface area contributed by atoms with Crippen LogP contribution in [0.25, 0.3) is 28.5 Å². The van der Waals surface area contributed by atoms with Crippen molar-refractivity contribution in [3.8, 4) is 22.8 Å². The van der Waals surface area contributed by atoms with Crippen LogP contribution in [0.15, 0.2) is 45.8 Å². The van der Waals surface area contributed by atoms with Crippen LogP contribution in [-0.4, -0.2) is 54.4 Å². The second-order valence-corrected chi connectivity index (χ2v) is 9.91. The molecule has 35 heavy (non-hydrogen) atoms. The van der Waals surface area contributed by atoms with Crippen molar-refractivity contribution in [1.82, 2.24) is 29.6 Å². The molecule has 1 N–H and O–H groups in total. The third kappa shape index (κ3) is 4.68. The molecule has 0 atom stereocenters. The van der Waals surface area contributed by atoms with E-state index in [4.69, 9.17) is 9.26 Å². The van der Waals surface area contributed by atoms with E-state index in [2.05, 4.69) is 20.2 Å². The lowest BCUT2D eigenvalue weighted by molar-refractivity contribution is 0.0203. The van der Waals surface area contributed by atoms with Gasteiger partial charge >= 0.3 is 6.09 Å². The number of aromatic amines is 1. The first-order chi connectivity index (χ1) is 16.7. The summed E-state index contributed by atoms with van der Waals surface area (Å²) in [4.78, 5) is 34.1. The Morgan fingerprint density at radius 3 is 2.57 bits per heavy atom. The first-order valence-electron chi connectivity index (χ1n) is 11.7. The maximum atomic E-state index is 12.6. The zero-order valence-electron chi connectivity index (χ0n) is 20.2. The summed E-state index contributed by atoms with van der Waals surface area (Å²) in [5.41, 5.74) is 3.07. The Morgan fingerprint density at radius 1 is 1.17 bits per heavy atom. The van der Waals surface area contributed by atoms with E-state index in [-0.39, 0.29) is 17.6 Å². The fourth-order valence-corrected chi connectivity index (χ4v) is 4.30. The maximum Gasteiger partial charge on any atom is 0.410 e. The van der Waals surface area contributed by atoms with E-state index < -0.39 is 5.60 Å². The van der Waals surface area contributed by atoms with Gasteiger partial charge in [0.1, 0.15) is 11.2 Å². The standard InChI is InChI=1S/C25H28N6O4/c1-15-5-7-17(8-6-15)23-28-21(29-35-23)18-14-26-31-19(13-20(32)27-22(18)31)16-9-11-30(12-10-16)24(33)34-25(2,3)4/h5-8,13-14,16H,9-12H2,1-4H3,(H,27,32). The van der Waals surface area contributed by atoms with Gasteiger partial charge in [-0.25, -0.2) is 9.31 Å². The van der Waals surface area contributed by atoms with Crippen LogP contribution in [0.4, 0.5) is 4.79 Å². The number of nitrogens with zero attached hydrogens (tertiary/aromatic N) is 5. The number of carbonyl (C=O) groups is 1. The average molecular weight is 477 g/mol. The van der Waals surface area contributed by atoms with Gasteiger partial charge in [-0.2, -0.15) is 10.1 Å². The average Bonchev–Trinajstić information content (AvgIpc) is 3.45. The van der Waals surface area contributed by atoms with Crippen LogP contribution in [0.2, 0.25) is 0 Å². The molecule has 0 bridgehead atoms. The lowest BCUT2D eigenvalue weighted by atomic mass is 9.93. The molecule has 0 unspecified atom stereocenters. The Labute approximate surface area is 201 Å². The highest BCUT2D eigenvalue weighted by Gasteiger charge is 2.29. The van der Waals surface area contributed by atoms with Crippen LogP contribution in [-0.2, 0) is 4.74 Å². The van der Waals surface area contributed by atoms with E-state index in [1.165, 1.54) is 0 Å². The largest absolute Gasteiger partial charge is 0.444 e. The van der Waals surface area contributed by atoms with Crippen LogP contribution in [0, 0.1) is 6.92 Å². The third-order valence-electron chi connectivity index (χ3n) is 6.06. The summed E-state index contributed by atoms with van der Waals surface area (Å²) in [6.45, 7) is 8.67. The van der Waals surface area contributed by atoms with Crippen LogP contribution < -0.4 is 5.56 Å². The summed E-state index contributed by atoms with van der Waals surface area (Å²) in [7, 11) is 0. The molecule has 182 valence electrons. The fraction of sp³-hybridized carbons (Fsp3) is 0.400. The Kier molecular flexibility index (Phi) is 5.66. The van der Waals surface area contributed by atoms with Crippen LogP contribution in [0.5, 0.6) is 0 Å². The van der Waals surface area contributed by atoms with E-state index in [1.807, 2.05) is 52.0 Å². The lowest BCUT2D eigenvalue weighted by Gasteiger charge is -2.33. The van der Waals surface area contributed by atoms with E-state index in [0.717, 1.165) is 16.8 Å². The second kappa shape index (κ2) is 8.68. The minimum Gasteiger partial charge on any atom is -0.444 e. The summed E-state index contributed by atoms with van der Waals surface area (Å²) >= 11 is 0. The maximum absolute atomic E-state index is 12.6. The van der Waals surface area contributed by atoms with E-state index >= 15 is 0 Å². The minimum absolute atomic E-state index is 0.0691. The molecule has 4 aromatic rings. The monoisotopic (exact) mass is 476 g/mol. The number of H-pyrrole nitrogens is 1. The molecule has 0 saturated carbocycles. The number of amides is 1. The number of rotatable bonds is 3. The highest BCUT2D eigenvalue weighted by atomic mass is 16.6. The van der Waals surface area contributed by atoms with Crippen molar-refractivity contribution in [3.63, 3.8) is 0 Å². The number of piperidine rings is 1. The molecule has 0 spiro atoms. The first kappa shape index (κ1) is 22.8. The smallest absolute Gasteiger partial charge is 0.410 e. The highest BCUT2D eigenvalue weighted by molar-refractivity contribution is 5.73. The van der Waals surface area contributed by atoms with Gasteiger partial charge in [-0.1, -0.05) is 22.9 Å². The fourth-order valence-electron chi connectivity index (χ4n) is 4.30. The first-order valence-corrected chi connectivity index (χ1v) is 11.7. The van der Waals surface area contributed by atoms with Gasteiger partial charge in [0.2, 0.25) is 5.82 Å². The van der Waals surface area contributed by atoms with Gasteiger partial charge in [-0.05, 0) is 52.7 Å². The number of carbonyl (C=O) groups excluding carboxylic acids is 1. The van der Waals surface area contributed by atoms with Gasteiger partial charge in [0.05, 0.1) is 17.5 Å². The molecule has 4 heterocycles. The predicted molar refractivity (Wildman–Crippen MR) is 129 cm³/mol. The minimum atomic E-state index is -0.535. The van der Waals surface area contributed by atoms with Crippen molar-refractivity contribution in [3.05, 3.63) is 58.1 Å². The molecule has 1 fully saturated rings. The van der Waals surface area contributed by atoms with Gasteiger partial charge in [0, 0.05) is 30.6 Å². The van der Waals surface area contributed by atoms with Crippen LogP contribution in [0.1, 0.15) is 50.8 Å². The Hall–Kier alpha value is -3.95. The number of nitrogens with one attached hydrogen (secondary N) is 1. The number of hydrogen-bond acceptors (Lipinski definition) is 7. The molecule has 3 aromatic heterocycles. The predicted octanol–water partition coefficient (Wildman–Crippen LogP) is 4.16. The van der Waals surface area contributed by atoms with Gasteiger partial charge in [-0.15, -0.1) is 0 Å². The molecule has 0 radical (unpaired) electrons. The Morgan fingerprint density at radius 2 is 1.89 bits per heavy atom. The Bertz CT molecular complexity index is 1420. The summed E-state index contributed by atoms with van der Waals surface area (Å²) < 4.78 is 12.7. The molecular formula is C25H28N6O4. The quantitative estimate of drug-likeness (QED) is 0.471. The molecule has 5 rings (SSSR count). The number of fused-ring (bicyclic) bond motifs is 1. The summed E-state index contributed by atoms with van der Waals surface area (Å²) in [6, 6.07) is 9.38. The molecule has 1 aliphatic rings. The van der Waals surface area contributed by atoms with Crippen molar-refractivity contribution in [2.24, 2.45) is 0 Å². The van der Waals surface area contributed by atoms with Crippen molar-refractivity contribution in [2.75, 3.05) is 13.1 Å². The van der Waals surface area contributed by atoms with Gasteiger partial charge in [0.15, 0.2) is 0 Å². The summed E-state index contributed by atoms with van der Waals surface area (Å²) in [5, 5.41) is 8.65. The molecule has 1 aliphatic heterocycles. The Balaban J connectivity index is 1.40. The van der Waals surface area contributed by atoms with Gasteiger partial charge < -0.3 is 19.1 Å². The summed E-state index contributed by atoms with van der Waals surface area (Å²) in [5.74, 6) is 0.815. The normalized spacial score (nSPS) is 15.0. The number of likely N-dealkylation sites (tertiary alicyclic amines) is 1. The second-order valence-electron chi connectivity index (χ2n) is 9.91. The van der Waals surface area contributed by atoms with Crippen molar-refractivity contribution >= 4 is 11.7 Å². The van der Waals surface area contributed by atoms with Crippen LogP contribution >= 0.6 is 0 Å². The highest BCUT2D eigenvalue weighted by Crippen LogP contribution is 2.30. The third-order valence-corrected chi connectivity index (χ3v) is 6.06. The van der Waals surface area contributed by atoms with Crippen molar-refractivity contribution in [1.29, 1.82) is 0 Å². The molecule has 1 amide bonds. The number of hydrogen-bond donors (Lipinski definition) is 1. The lowest BCUT2D eigenvalue weighted by Crippen LogP contribution is -2.41. The molecule has 0 aliphatic carbocycles. The topological polar surface area (TPSA) is 119 Å².